The van der Waals surface area contributed by atoms with Crippen LogP contribution in [-0.2, 0) is 0 Å². The zero-order valence-corrected chi connectivity index (χ0v) is 15.7. The molecule has 2 N–H and O–H groups in total. The number of imidazole rings is 1. The molecular weight excluding hydrogens is 358 g/mol. The smallest absolute Gasteiger partial charge is 0.229 e. The summed E-state index contributed by atoms with van der Waals surface area (Å²) in [5.74, 6) is 1.37. The molecule has 0 aliphatic heterocycles. The van der Waals surface area contributed by atoms with Crippen molar-refractivity contribution in [1.82, 2.24) is 24.5 Å². The van der Waals surface area contributed by atoms with Crippen LogP contribution in [0, 0.1) is 0 Å². The molecule has 0 fully saturated rings. The minimum atomic E-state index is -0.0440. The van der Waals surface area contributed by atoms with Crippen molar-refractivity contribution in [2.24, 2.45) is 0 Å². The van der Waals surface area contributed by atoms with Gasteiger partial charge in [0.2, 0.25) is 11.9 Å². The maximum Gasteiger partial charge on any atom is 0.229 e. The first kappa shape index (κ1) is 17.5. The zero-order chi connectivity index (χ0) is 18.0. The van der Waals surface area contributed by atoms with Gasteiger partial charge in [-0.15, -0.1) is 0 Å². The second-order valence-electron chi connectivity index (χ2n) is 5.56. The van der Waals surface area contributed by atoms with Gasteiger partial charge < -0.3 is 10.6 Å². The average molecular weight is 376 g/mol. The highest BCUT2D eigenvalue weighted by molar-refractivity contribution is 7.99. The van der Waals surface area contributed by atoms with Gasteiger partial charge in [0.05, 0.1) is 5.25 Å². The number of benzene rings is 1. The monoisotopic (exact) mass is 375 g/mol. The minimum Gasteiger partial charge on any atom is -0.368 e. The van der Waals surface area contributed by atoms with Gasteiger partial charge in [0.15, 0.2) is 5.16 Å². The highest BCUT2D eigenvalue weighted by atomic mass is 35.5. The van der Waals surface area contributed by atoms with Crippen LogP contribution in [0.2, 0.25) is 5.02 Å². The molecule has 25 heavy (non-hydrogen) atoms. The Morgan fingerprint density at radius 1 is 1.16 bits per heavy atom. The molecule has 2 heterocycles. The molecule has 1 unspecified atom stereocenters. The van der Waals surface area contributed by atoms with Gasteiger partial charge >= 0.3 is 0 Å². The predicted molar refractivity (Wildman–Crippen MR) is 101 cm³/mol. The van der Waals surface area contributed by atoms with Crippen molar-refractivity contribution < 1.29 is 0 Å². The lowest BCUT2D eigenvalue weighted by Gasteiger charge is -2.15. The van der Waals surface area contributed by atoms with Crippen molar-refractivity contribution in [3.63, 3.8) is 0 Å². The van der Waals surface area contributed by atoms with Gasteiger partial charge in [0.25, 0.3) is 0 Å². The molecule has 0 aliphatic carbocycles. The van der Waals surface area contributed by atoms with E-state index >= 15 is 0 Å². The van der Waals surface area contributed by atoms with E-state index < -0.39 is 0 Å². The van der Waals surface area contributed by atoms with Crippen molar-refractivity contribution in [2.75, 3.05) is 24.7 Å². The number of rotatable bonds is 5. The van der Waals surface area contributed by atoms with E-state index in [1.54, 1.807) is 22.9 Å². The molecule has 130 valence electrons. The molecule has 0 saturated carbocycles. The number of hydrogen-bond acceptors (Lipinski definition) is 7. The Hall–Kier alpha value is -2.32. The molecule has 2 aromatic heterocycles. The molecule has 0 amide bonds. The van der Waals surface area contributed by atoms with E-state index in [2.05, 4.69) is 19.9 Å². The highest BCUT2D eigenvalue weighted by Gasteiger charge is 2.17. The molecule has 9 heteroatoms. The van der Waals surface area contributed by atoms with Crippen LogP contribution in [0.15, 0.2) is 41.8 Å². The van der Waals surface area contributed by atoms with E-state index in [-0.39, 0.29) is 11.2 Å². The SMILES string of the molecule is CC(Sc1nccn1-c1ccc(Cl)cc1)c1nc(N)nc(N(C)C)n1. The molecule has 3 rings (SSSR count). The Kier molecular flexibility index (Phi) is 5.10. The summed E-state index contributed by atoms with van der Waals surface area (Å²) in [6.07, 6.45) is 3.67. The van der Waals surface area contributed by atoms with Crippen LogP contribution in [0.25, 0.3) is 5.69 Å². The second kappa shape index (κ2) is 7.28. The van der Waals surface area contributed by atoms with Gasteiger partial charge in [-0.1, -0.05) is 23.4 Å². The van der Waals surface area contributed by atoms with Gasteiger partial charge in [-0.3, -0.25) is 4.57 Å². The Morgan fingerprint density at radius 3 is 2.56 bits per heavy atom. The Balaban J connectivity index is 1.86. The highest BCUT2D eigenvalue weighted by Crippen LogP contribution is 2.33. The lowest BCUT2D eigenvalue weighted by molar-refractivity contribution is 0.847. The van der Waals surface area contributed by atoms with E-state index in [1.807, 2.05) is 56.0 Å². The van der Waals surface area contributed by atoms with Crippen molar-refractivity contribution in [2.45, 2.75) is 17.3 Å². The van der Waals surface area contributed by atoms with Gasteiger partial charge in [0.1, 0.15) is 5.82 Å². The van der Waals surface area contributed by atoms with Crippen molar-refractivity contribution in [3.05, 3.63) is 47.5 Å². The molecule has 0 spiro atoms. The van der Waals surface area contributed by atoms with Gasteiger partial charge in [0, 0.05) is 37.2 Å². The van der Waals surface area contributed by atoms with E-state index in [1.165, 1.54) is 0 Å². The number of nitrogens with two attached hydrogens (primary N) is 1. The molecule has 1 aromatic carbocycles. The van der Waals surface area contributed by atoms with Gasteiger partial charge in [-0.25, -0.2) is 4.98 Å². The number of anilines is 2. The van der Waals surface area contributed by atoms with E-state index in [0.29, 0.717) is 16.8 Å². The maximum atomic E-state index is 5.96. The number of nitrogens with zero attached hydrogens (tertiary/aromatic N) is 6. The zero-order valence-electron chi connectivity index (χ0n) is 14.1. The van der Waals surface area contributed by atoms with Crippen LogP contribution in [0.4, 0.5) is 11.9 Å². The molecule has 0 saturated heterocycles. The van der Waals surface area contributed by atoms with E-state index in [0.717, 1.165) is 10.8 Å². The summed E-state index contributed by atoms with van der Waals surface area (Å²) < 4.78 is 1.99. The number of nitrogen functional groups attached to an aromatic ring is 1. The lowest BCUT2D eigenvalue weighted by atomic mass is 10.3. The summed E-state index contributed by atoms with van der Waals surface area (Å²) in [6, 6.07) is 7.60. The summed E-state index contributed by atoms with van der Waals surface area (Å²) >= 11 is 7.51. The first-order chi connectivity index (χ1) is 11.9. The molecule has 3 aromatic rings. The Morgan fingerprint density at radius 2 is 1.88 bits per heavy atom. The third-order valence-corrected chi connectivity index (χ3v) is 4.74. The summed E-state index contributed by atoms with van der Waals surface area (Å²) in [5.41, 5.74) is 6.80. The van der Waals surface area contributed by atoms with Crippen LogP contribution in [0.1, 0.15) is 18.0 Å². The molecule has 0 aliphatic rings. The normalized spacial score (nSPS) is 12.2. The van der Waals surface area contributed by atoms with Crippen LogP contribution < -0.4 is 10.6 Å². The fraction of sp³-hybridized carbons (Fsp3) is 0.250. The predicted octanol–water partition coefficient (Wildman–Crippen LogP) is 3.21. The Labute approximate surface area is 155 Å². The average Bonchev–Trinajstić information content (AvgIpc) is 3.03. The van der Waals surface area contributed by atoms with Gasteiger partial charge in [-0.2, -0.15) is 15.0 Å². The first-order valence-electron chi connectivity index (χ1n) is 7.59. The van der Waals surface area contributed by atoms with Crippen molar-refractivity contribution >= 4 is 35.3 Å². The van der Waals surface area contributed by atoms with E-state index in [9.17, 15) is 0 Å². The third kappa shape index (κ3) is 4.02. The van der Waals surface area contributed by atoms with Crippen LogP contribution >= 0.6 is 23.4 Å². The fourth-order valence-corrected chi connectivity index (χ4v) is 3.22. The standard InChI is InChI=1S/C16H18ClN7S/c1-10(13-20-14(18)22-15(21-13)23(2)3)25-16-19-8-9-24(16)12-6-4-11(17)5-7-12/h4-10H,1-3H3,(H2,18,20,21,22). The number of aromatic nitrogens is 5. The summed E-state index contributed by atoms with van der Waals surface area (Å²) in [7, 11) is 3.73. The second-order valence-corrected chi connectivity index (χ2v) is 7.31. The number of hydrogen-bond donors (Lipinski definition) is 1. The molecule has 0 bridgehead atoms. The Bertz CT molecular complexity index is 863. The minimum absolute atomic E-state index is 0.0440. The summed E-state index contributed by atoms with van der Waals surface area (Å²) in [6.45, 7) is 2.01. The first-order valence-corrected chi connectivity index (χ1v) is 8.84. The van der Waals surface area contributed by atoms with Crippen molar-refractivity contribution in [3.8, 4) is 5.69 Å². The lowest BCUT2D eigenvalue weighted by Crippen LogP contribution is -2.16. The number of thioether (sulfide) groups is 1. The largest absolute Gasteiger partial charge is 0.368 e. The number of halogens is 1. The van der Waals surface area contributed by atoms with Crippen LogP contribution in [-0.4, -0.2) is 38.6 Å². The molecule has 1 atom stereocenters. The summed E-state index contributed by atoms with van der Waals surface area (Å²) in [4.78, 5) is 19.1. The molecular formula is C16H18ClN7S. The quantitative estimate of drug-likeness (QED) is 0.685. The summed E-state index contributed by atoms with van der Waals surface area (Å²) in [5, 5.41) is 1.49. The van der Waals surface area contributed by atoms with E-state index in [4.69, 9.17) is 17.3 Å². The maximum absolute atomic E-state index is 5.96. The van der Waals surface area contributed by atoms with Crippen molar-refractivity contribution in [1.29, 1.82) is 0 Å². The molecule has 7 nitrogen and oxygen atoms in total. The fourth-order valence-electron chi connectivity index (χ4n) is 2.17. The van der Waals surface area contributed by atoms with Crippen LogP contribution in [0.5, 0.6) is 0 Å². The topological polar surface area (TPSA) is 85.8 Å². The van der Waals surface area contributed by atoms with Gasteiger partial charge in [-0.05, 0) is 31.2 Å². The van der Waals surface area contributed by atoms with Crippen LogP contribution in [0.3, 0.4) is 0 Å². The third-order valence-electron chi connectivity index (χ3n) is 3.42. The molecule has 0 radical (unpaired) electrons.